The Kier molecular flexibility index (Phi) is 5.15. The van der Waals surface area contributed by atoms with Gasteiger partial charge in [0.25, 0.3) is 0 Å². The molecule has 0 saturated carbocycles. The maximum absolute atomic E-state index is 13.9. The summed E-state index contributed by atoms with van der Waals surface area (Å²) in [5.41, 5.74) is 0.691. The summed E-state index contributed by atoms with van der Waals surface area (Å²) in [4.78, 5) is 19.1. The van der Waals surface area contributed by atoms with Crippen LogP contribution in [-0.4, -0.2) is 37.1 Å². The van der Waals surface area contributed by atoms with E-state index < -0.39 is 17.7 Å². The van der Waals surface area contributed by atoms with Crippen molar-refractivity contribution in [2.45, 2.75) is 13.5 Å². The van der Waals surface area contributed by atoms with Crippen molar-refractivity contribution in [2.75, 3.05) is 31.4 Å². The Hall–Kier alpha value is -2.22. The van der Waals surface area contributed by atoms with E-state index in [2.05, 4.69) is 10.3 Å². The summed E-state index contributed by atoms with van der Waals surface area (Å²) >= 11 is 1.50. The zero-order chi connectivity index (χ0) is 17.1. The van der Waals surface area contributed by atoms with Gasteiger partial charge in [0.2, 0.25) is 0 Å². The van der Waals surface area contributed by atoms with E-state index in [0.717, 1.165) is 22.8 Å². The molecule has 0 spiro atoms. The number of nitrogens with zero attached hydrogens (tertiary/aromatic N) is 3. The van der Waals surface area contributed by atoms with Crippen molar-refractivity contribution < 1.29 is 13.6 Å². The molecule has 5 nitrogen and oxygen atoms in total. The lowest BCUT2D eigenvalue weighted by Gasteiger charge is -2.19. The minimum Gasteiger partial charge on any atom is -0.373 e. The van der Waals surface area contributed by atoms with Crippen LogP contribution in [0.3, 0.4) is 0 Å². The molecule has 0 saturated heterocycles. The van der Waals surface area contributed by atoms with Gasteiger partial charge in [-0.25, -0.2) is 18.6 Å². The van der Waals surface area contributed by atoms with Crippen LogP contribution in [0, 0.1) is 18.6 Å². The van der Waals surface area contributed by atoms with E-state index in [-0.39, 0.29) is 11.4 Å². The van der Waals surface area contributed by atoms with Crippen LogP contribution in [0.2, 0.25) is 0 Å². The van der Waals surface area contributed by atoms with Gasteiger partial charge < -0.3 is 15.1 Å². The van der Waals surface area contributed by atoms with Crippen LogP contribution in [0.25, 0.3) is 0 Å². The lowest BCUT2D eigenvalue weighted by Crippen LogP contribution is -2.31. The Bertz CT molecular complexity index is 694. The van der Waals surface area contributed by atoms with Crippen LogP contribution in [0.1, 0.15) is 10.7 Å². The average molecular weight is 340 g/mol. The van der Waals surface area contributed by atoms with Crippen molar-refractivity contribution in [2.24, 2.45) is 0 Å². The number of halogens is 2. The first-order valence-corrected chi connectivity index (χ1v) is 7.75. The monoisotopic (exact) mass is 340 g/mol. The Labute approximate surface area is 137 Å². The van der Waals surface area contributed by atoms with E-state index in [1.165, 1.54) is 21.1 Å². The highest BCUT2D eigenvalue weighted by molar-refractivity contribution is 7.09. The zero-order valence-corrected chi connectivity index (χ0v) is 14.2. The number of amides is 2. The fourth-order valence-electron chi connectivity index (χ4n) is 2.08. The number of carbonyl (C=O) groups is 1. The number of aryl methyl sites for hydroxylation is 1. The van der Waals surface area contributed by atoms with E-state index >= 15 is 0 Å². The fraction of sp³-hybridized carbons (Fsp3) is 0.333. The number of thiazole rings is 1. The molecule has 1 N–H and O–H groups in total. The molecule has 0 unspecified atom stereocenters. The Morgan fingerprint density at radius 2 is 1.87 bits per heavy atom. The Morgan fingerprint density at radius 3 is 2.35 bits per heavy atom. The van der Waals surface area contributed by atoms with Crippen LogP contribution < -0.4 is 10.2 Å². The molecule has 124 valence electrons. The first kappa shape index (κ1) is 17.1. The predicted molar refractivity (Wildman–Crippen MR) is 88.0 cm³/mol. The van der Waals surface area contributed by atoms with Gasteiger partial charge in [0.15, 0.2) is 11.6 Å². The maximum Gasteiger partial charge on any atom is 0.321 e. The summed E-state index contributed by atoms with van der Waals surface area (Å²) in [7, 11) is 4.68. The smallest absolute Gasteiger partial charge is 0.321 e. The summed E-state index contributed by atoms with van der Waals surface area (Å²) in [6.45, 7) is 2.20. The number of nitrogens with one attached hydrogen (secondary N) is 1. The molecule has 0 fully saturated rings. The van der Waals surface area contributed by atoms with E-state index in [0.29, 0.717) is 6.54 Å². The molecule has 0 atom stereocenters. The molecule has 2 amide bonds. The lowest BCUT2D eigenvalue weighted by molar-refractivity contribution is 0.220. The second-order valence-corrected chi connectivity index (χ2v) is 6.39. The van der Waals surface area contributed by atoms with Crippen LogP contribution in [-0.2, 0) is 6.54 Å². The molecule has 0 radical (unpaired) electrons. The van der Waals surface area contributed by atoms with Crippen LogP contribution in [0.4, 0.5) is 25.0 Å². The van der Waals surface area contributed by atoms with E-state index in [1.807, 2.05) is 12.3 Å². The van der Waals surface area contributed by atoms with Gasteiger partial charge in [0.05, 0.1) is 17.2 Å². The fourth-order valence-corrected chi connectivity index (χ4v) is 2.68. The highest BCUT2D eigenvalue weighted by atomic mass is 32.1. The zero-order valence-electron chi connectivity index (χ0n) is 13.4. The first-order chi connectivity index (χ1) is 10.8. The van der Waals surface area contributed by atoms with Gasteiger partial charge in [-0.05, 0) is 19.1 Å². The number of benzene rings is 1. The third-order valence-corrected chi connectivity index (χ3v) is 3.95. The van der Waals surface area contributed by atoms with E-state index in [9.17, 15) is 13.6 Å². The molecule has 0 aliphatic rings. The lowest BCUT2D eigenvalue weighted by atomic mass is 10.2. The normalized spacial score (nSPS) is 10.5. The summed E-state index contributed by atoms with van der Waals surface area (Å²) in [6.07, 6.45) is 0. The molecular formula is C15H18F2N4OS. The second-order valence-electron chi connectivity index (χ2n) is 5.33. The van der Waals surface area contributed by atoms with Crippen molar-refractivity contribution in [3.8, 4) is 0 Å². The molecule has 23 heavy (non-hydrogen) atoms. The third-order valence-electron chi connectivity index (χ3n) is 3.13. The maximum atomic E-state index is 13.9. The first-order valence-electron chi connectivity index (χ1n) is 6.87. The molecule has 0 bridgehead atoms. The van der Waals surface area contributed by atoms with Crippen molar-refractivity contribution in [1.29, 1.82) is 0 Å². The molecular weight excluding hydrogens is 322 g/mol. The summed E-state index contributed by atoms with van der Waals surface area (Å²) in [6, 6.07) is 1.72. The molecule has 1 aromatic heterocycles. The minimum absolute atomic E-state index is 0.0666. The number of hydrogen-bond donors (Lipinski definition) is 1. The summed E-state index contributed by atoms with van der Waals surface area (Å²) in [5, 5.41) is 5.26. The molecule has 2 aromatic rings. The topological polar surface area (TPSA) is 48.5 Å². The van der Waals surface area contributed by atoms with Gasteiger partial charge in [-0.15, -0.1) is 11.3 Å². The minimum atomic E-state index is -0.733. The Balaban J connectivity index is 2.07. The Morgan fingerprint density at radius 1 is 1.26 bits per heavy atom. The number of carbonyl (C=O) groups excluding carboxylic acids is 1. The van der Waals surface area contributed by atoms with Gasteiger partial charge in [-0.3, -0.25) is 0 Å². The van der Waals surface area contributed by atoms with Gasteiger partial charge in [-0.1, -0.05) is 0 Å². The van der Waals surface area contributed by atoms with Crippen LogP contribution in [0.5, 0.6) is 0 Å². The van der Waals surface area contributed by atoms with Crippen molar-refractivity contribution >= 4 is 28.7 Å². The second kappa shape index (κ2) is 6.91. The number of rotatable bonds is 4. The van der Waals surface area contributed by atoms with Crippen molar-refractivity contribution in [1.82, 2.24) is 9.88 Å². The average Bonchev–Trinajstić information content (AvgIpc) is 2.82. The third kappa shape index (κ3) is 4.16. The molecule has 8 heteroatoms. The largest absolute Gasteiger partial charge is 0.373 e. The molecule has 1 aromatic carbocycles. The molecule has 0 aliphatic heterocycles. The van der Waals surface area contributed by atoms with Crippen LogP contribution >= 0.6 is 11.3 Å². The molecule has 2 rings (SSSR count). The number of aromatic nitrogens is 1. The molecule has 1 heterocycles. The van der Waals surface area contributed by atoms with E-state index in [1.54, 1.807) is 21.1 Å². The van der Waals surface area contributed by atoms with Crippen molar-refractivity contribution in [3.63, 3.8) is 0 Å². The highest BCUT2D eigenvalue weighted by Crippen LogP contribution is 2.25. The predicted octanol–water partition coefficient (Wildman–Crippen LogP) is 3.46. The number of urea groups is 1. The van der Waals surface area contributed by atoms with Crippen LogP contribution in [0.15, 0.2) is 17.5 Å². The SMILES string of the molecule is Cc1nc(CN(C)C(=O)Nc2cc(F)c(N(C)C)c(F)c2)cs1. The van der Waals surface area contributed by atoms with Gasteiger partial charge in [0.1, 0.15) is 5.69 Å². The quantitative estimate of drug-likeness (QED) is 0.927. The van der Waals surface area contributed by atoms with E-state index in [4.69, 9.17) is 0 Å². The summed E-state index contributed by atoms with van der Waals surface area (Å²) < 4.78 is 27.8. The van der Waals surface area contributed by atoms with Gasteiger partial charge >= 0.3 is 6.03 Å². The highest BCUT2D eigenvalue weighted by Gasteiger charge is 2.16. The van der Waals surface area contributed by atoms with Gasteiger partial charge in [0, 0.05) is 32.2 Å². The standard InChI is InChI=1S/C15H18F2N4OS/c1-9-18-11(8-23-9)7-21(4)15(22)19-10-5-12(16)14(20(2)3)13(17)6-10/h5-6,8H,7H2,1-4H3,(H,19,22). The number of hydrogen-bond acceptors (Lipinski definition) is 4. The summed E-state index contributed by atoms with van der Waals surface area (Å²) in [5.74, 6) is -1.47. The van der Waals surface area contributed by atoms with Gasteiger partial charge in [-0.2, -0.15) is 0 Å². The number of anilines is 2. The van der Waals surface area contributed by atoms with Crippen molar-refractivity contribution in [3.05, 3.63) is 39.8 Å². The molecule has 0 aliphatic carbocycles.